The maximum absolute atomic E-state index is 12.4. The number of rotatable bonds is 3. The molecule has 2 fully saturated rings. The van der Waals surface area contributed by atoms with Crippen LogP contribution in [0.25, 0.3) is 0 Å². The minimum absolute atomic E-state index is 0.344. The Morgan fingerprint density at radius 1 is 1.14 bits per heavy atom. The van der Waals surface area contributed by atoms with Crippen molar-refractivity contribution in [3.63, 3.8) is 0 Å². The van der Waals surface area contributed by atoms with Crippen molar-refractivity contribution in [2.24, 2.45) is 5.92 Å². The van der Waals surface area contributed by atoms with Crippen LogP contribution in [0.5, 0.6) is 0 Å². The van der Waals surface area contributed by atoms with Crippen LogP contribution in [0.4, 0.5) is 5.69 Å². The van der Waals surface area contributed by atoms with E-state index >= 15 is 0 Å². The average molecular weight is 287 g/mol. The number of nitrogens with one attached hydrogen (secondary N) is 1. The molecule has 4 nitrogen and oxygen atoms in total. The Hall–Kier alpha value is -1.55. The third kappa shape index (κ3) is 3.76. The van der Waals surface area contributed by atoms with Crippen LogP contribution in [0.15, 0.2) is 30.3 Å². The van der Waals surface area contributed by atoms with Crippen LogP contribution in [0, 0.1) is 5.92 Å². The normalized spacial score (nSPS) is 23.1. The number of carbonyl (C=O) groups is 1. The van der Waals surface area contributed by atoms with E-state index in [1.807, 2.05) is 11.0 Å². The zero-order valence-electron chi connectivity index (χ0n) is 12.6. The molecule has 0 aliphatic carbocycles. The molecule has 1 amide bonds. The molecule has 1 aromatic rings. The number of hydrogen-bond donors (Lipinski definition) is 1. The Balaban J connectivity index is 1.47. The van der Waals surface area contributed by atoms with Crippen molar-refractivity contribution in [1.29, 1.82) is 0 Å². The van der Waals surface area contributed by atoms with Crippen LogP contribution in [-0.2, 0) is 4.79 Å². The monoisotopic (exact) mass is 287 g/mol. The molecule has 1 N–H and O–H groups in total. The van der Waals surface area contributed by atoms with Gasteiger partial charge in [-0.15, -0.1) is 0 Å². The van der Waals surface area contributed by atoms with Crippen molar-refractivity contribution in [2.45, 2.75) is 19.3 Å². The first-order valence-electron chi connectivity index (χ1n) is 8.11. The third-order valence-electron chi connectivity index (χ3n) is 4.62. The molecule has 2 aliphatic rings. The first kappa shape index (κ1) is 14.4. The Morgan fingerprint density at radius 2 is 1.90 bits per heavy atom. The summed E-state index contributed by atoms with van der Waals surface area (Å²) in [5.41, 5.74) is 1.26. The molecule has 1 unspecified atom stereocenters. The number of para-hydroxylation sites is 1. The standard InChI is InChI=1S/C17H25N3O/c21-17(13-15-5-4-8-18-14-15)20-11-9-19(10-12-20)16-6-2-1-3-7-16/h1-3,6-7,15,18H,4-5,8-14H2. The molecular formula is C17H25N3O. The minimum Gasteiger partial charge on any atom is -0.368 e. The van der Waals surface area contributed by atoms with Crippen molar-refractivity contribution in [1.82, 2.24) is 10.2 Å². The van der Waals surface area contributed by atoms with Gasteiger partial charge in [0.1, 0.15) is 0 Å². The Kier molecular flexibility index (Phi) is 4.76. The maximum Gasteiger partial charge on any atom is 0.223 e. The lowest BCUT2D eigenvalue weighted by atomic mass is 9.95. The molecule has 0 saturated carbocycles. The molecule has 114 valence electrons. The van der Waals surface area contributed by atoms with Gasteiger partial charge in [-0.3, -0.25) is 4.79 Å². The van der Waals surface area contributed by atoms with Gasteiger partial charge in [-0.25, -0.2) is 0 Å². The van der Waals surface area contributed by atoms with Gasteiger partial charge in [0.05, 0.1) is 0 Å². The zero-order valence-corrected chi connectivity index (χ0v) is 12.6. The van der Waals surface area contributed by atoms with Crippen LogP contribution in [-0.4, -0.2) is 50.1 Å². The van der Waals surface area contributed by atoms with Gasteiger partial charge >= 0.3 is 0 Å². The summed E-state index contributed by atoms with van der Waals surface area (Å²) in [6.07, 6.45) is 3.13. The summed E-state index contributed by atoms with van der Waals surface area (Å²) in [7, 11) is 0. The topological polar surface area (TPSA) is 35.6 Å². The predicted molar refractivity (Wildman–Crippen MR) is 85.4 cm³/mol. The molecule has 1 aromatic carbocycles. The molecule has 0 radical (unpaired) electrons. The number of piperazine rings is 1. The highest BCUT2D eigenvalue weighted by Crippen LogP contribution is 2.18. The highest BCUT2D eigenvalue weighted by Gasteiger charge is 2.24. The molecule has 0 bridgehead atoms. The summed E-state index contributed by atoms with van der Waals surface area (Å²) in [5.74, 6) is 0.884. The van der Waals surface area contributed by atoms with E-state index in [1.165, 1.54) is 18.5 Å². The Labute approximate surface area is 127 Å². The van der Waals surface area contributed by atoms with Gasteiger partial charge in [-0.1, -0.05) is 18.2 Å². The van der Waals surface area contributed by atoms with Crippen LogP contribution in [0.1, 0.15) is 19.3 Å². The van der Waals surface area contributed by atoms with Crippen molar-refractivity contribution in [3.05, 3.63) is 30.3 Å². The van der Waals surface area contributed by atoms with Crippen molar-refractivity contribution in [2.75, 3.05) is 44.2 Å². The van der Waals surface area contributed by atoms with Gasteiger partial charge < -0.3 is 15.1 Å². The number of anilines is 1. The number of piperidine rings is 1. The van der Waals surface area contributed by atoms with Crippen molar-refractivity contribution in [3.8, 4) is 0 Å². The SMILES string of the molecule is O=C(CC1CCCNC1)N1CCN(c2ccccc2)CC1. The number of amides is 1. The van der Waals surface area contributed by atoms with Gasteiger partial charge in [0.15, 0.2) is 0 Å². The fraction of sp³-hybridized carbons (Fsp3) is 0.588. The first-order valence-corrected chi connectivity index (χ1v) is 8.11. The summed E-state index contributed by atoms with van der Waals surface area (Å²) in [6.45, 7) is 5.72. The second kappa shape index (κ2) is 6.94. The fourth-order valence-electron chi connectivity index (χ4n) is 3.33. The van der Waals surface area contributed by atoms with E-state index in [-0.39, 0.29) is 0 Å². The smallest absolute Gasteiger partial charge is 0.223 e. The summed E-state index contributed by atoms with van der Waals surface area (Å²) >= 11 is 0. The molecule has 21 heavy (non-hydrogen) atoms. The summed E-state index contributed by atoms with van der Waals surface area (Å²) in [6, 6.07) is 10.5. The molecule has 0 spiro atoms. The summed E-state index contributed by atoms with van der Waals surface area (Å²) < 4.78 is 0. The van der Waals surface area contributed by atoms with E-state index in [0.717, 1.165) is 45.7 Å². The largest absolute Gasteiger partial charge is 0.368 e. The van der Waals surface area contributed by atoms with E-state index in [2.05, 4.69) is 34.5 Å². The predicted octanol–water partition coefficient (Wildman–Crippen LogP) is 1.72. The molecule has 2 heterocycles. The van der Waals surface area contributed by atoms with Gasteiger partial charge in [0.2, 0.25) is 5.91 Å². The molecule has 1 atom stereocenters. The van der Waals surface area contributed by atoms with Crippen molar-refractivity contribution < 1.29 is 4.79 Å². The Morgan fingerprint density at radius 3 is 2.57 bits per heavy atom. The zero-order chi connectivity index (χ0) is 14.5. The lowest BCUT2D eigenvalue weighted by Crippen LogP contribution is -2.49. The number of hydrogen-bond acceptors (Lipinski definition) is 3. The average Bonchev–Trinajstić information content (AvgIpc) is 2.57. The summed E-state index contributed by atoms with van der Waals surface area (Å²) in [5, 5.41) is 3.39. The second-order valence-corrected chi connectivity index (χ2v) is 6.12. The van der Waals surface area contributed by atoms with E-state index in [1.54, 1.807) is 0 Å². The van der Waals surface area contributed by atoms with E-state index < -0.39 is 0 Å². The van der Waals surface area contributed by atoms with Gasteiger partial charge in [0.25, 0.3) is 0 Å². The van der Waals surface area contributed by atoms with Gasteiger partial charge in [0, 0.05) is 38.3 Å². The molecular weight excluding hydrogens is 262 g/mol. The van der Waals surface area contributed by atoms with Crippen LogP contribution in [0.3, 0.4) is 0 Å². The minimum atomic E-state index is 0.344. The van der Waals surface area contributed by atoms with E-state index in [0.29, 0.717) is 11.8 Å². The molecule has 2 aliphatic heterocycles. The Bertz CT molecular complexity index is 448. The molecule has 4 heteroatoms. The quantitative estimate of drug-likeness (QED) is 0.919. The molecule has 0 aromatic heterocycles. The van der Waals surface area contributed by atoms with Crippen LogP contribution < -0.4 is 10.2 Å². The number of nitrogens with zero attached hydrogens (tertiary/aromatic N) is 2. The second-order valence-electron chi connectivity index (χ2n) is 6.12. The third-order valence-corrected chi connectivity index (χ3v) is 4.62. The van der Waals surface area contributed by atoms with E-state index in [4.69, 9.17) is 0 Å². The van der Waals surface area contributed by atoms with E-state index in [9.17, 15) is 4.79 Å². The van der Waals surface area contributed by atoms with Gasteiger partial charge in [-0.2, -0.15) is 0 Å². The van der Waals surface area contributed by atoms with Crippen LogP contribution >= 0.6 is 0 Å². The van der Waals surface area contributed by atoms with Gasteiger partial charge in [-0.05, 0) is 44.0 Å². The molecule has 3 rings (SSSR count). The highest BCUT2D eigenvalue weighted by molar-refractivity contribution is 5.76. The number of benzene rings is 1. The van der Waals surface area contributed by atoms with Crippen LogP contribution in [0.2, 0.25) is 0 Å². The maximum atomic E-state index is 12.4. The lowest BCUT2D eigenvalue weighted by Gasteiger charge is -2.37. The first-order chi connectivity index (χ1) is 10.3. The lowest BCUT2D eigenvalue weighted by molar-refractivity contribution is -0.132. The highest BCUT2D eigenvalue weighted by atomic mass is 16.2. The number of carbonyl (C=O) groups excluding carboxylic acids is 1. The van der Waals surface area contributed by atoms with Crippen molar-refractivity contribution >= 4 is 11.6 Å². The summed E-state index contributed by atoms with van der Waals surface area (Å²) in [4.78, 5) is 16.8. The fourth-order valence-corrected chi connectivity index (χ4v) is 3.33. The molecule has 2 saturated heterocycles.